The van der Waals surface area contributed by atoms with E-state index in [1.165, 1.54) is 4.90 Å². The molecule has 1 rings (SSSR count). The molecular formula is C11H21N3O4. The fraction of sp³-hybridized carbons (Fsp3) is 0.818. The summed E-state index contributed by atoms with van der Waals surface area (Å²) in [5.41, 5.74) is 2.11. The third-order valence-electron chi connectivity index (χ3n) is 3.07. The molecule has 0 spiro atoms. The van der Waals surface area contributed by atoms with Gasteiger partial charge in [-0.15, -0.1) is 0 Å². The van der Waals surface area contributed by atoms with Gasteiger partial charge in [-0.2, -0.15) is 0 Å². The summed E-state index contributed by atoms with van der Waals surface area (Å²) in [5.74, 6) is -0.621. The summed E-state index contributed by atoms with van der Waals surface area (Å²) < 4.78 is 0. The highest BCUT2D eigenvalue weighted by Gasteiger charge is 2.20. The first-order valence-corrected chi connectivity index (χ1v) is 6.02. The molecule has 18 heavy (non-hydrogen) atoms. The first-order chi connectivity index (χ1) is 8.49. The fourth-order valence-electron chi connectivity index (χ4n) is 1.95. The van der Waals surface area contributed by atoms with Gasteiger partial charge in [-0.1, -0.05) is 0 Å². The third kappa shape index (κ3) is 5.33. The Kier molecular flexibility index (Phi) is 5.87. The van der Waals surface area contributed by atoms with Crippen molar-refractivity contribution in [1.82, 2.24) is 15.3 Å². The monoisotopic (exact) mass is 259 g/mol. The average molecular weight is 259 g/mol. The number of rotatable bonds is 5. The topological polar surface area (TPSA) is 82.1 Å². The summed E-state index contributed by atoms with van der Waals surface area (Å²) >= 11 is 0. The Balaban J connectivity index is 2.20. The lowest BCUT2D eigenvalue weighted by molar-refractivity contribution is -0.144. The van der Waals surface area contributed by atoms with E-state index in [0.29, 0.717) is 12.5 Å². The van der Waals surface area contributed by atoms with E-state index in [-0.39, 0.29) is 0 Å². The summed E-state index contributed by atoms with van der Waals surface area (Å²) in [6, 6.07) is -0.407. The zero-order valence-corrected chi connectivity index (χ0v) is 10.9. The number of aliphatic carboxylic acids is 1. The summed E-state index contributed by atoms with van der Waals surface area (Å²) in [7, 11) is 3.77. The Bertz CT molecular complexity index is 290. The molecule has 1 fully saturated rings. The molecule has 0 aromatic carbocycles. The summed E-state index contributed by atoms with van der Waals surface area (Å²) in [6.45, 7) is 2.23. The summed E-state index contributed by atoms with van der Waals surface area (Å²) in [5, 5.41) is 8.36. The average Bonchev–Trinajstić information content (AvgIpc) is 2.31. The number of piperidine rings is 1. The highest BCUT2D eigenvalue weighted by molar-refractivity contribution is 5.73. The number of carbonyl (C=O) groups is 2. The maximum absolute atomic E-state index is 11.5. The van der Waals surface area contributed by atoms with Crippen LogP contribution in [-0.2, 0) is 9.63 Å². The molecule has 1 aliphatic rings. The van der Waals surface area contributed by atoms with Gasteiger partial charge in [0.25, 0.3) is 0 Å². The van der Waals surface area contributed by atoms with Gasteiger partial charge in [0.1, 0.15) is 0 Å². The van der Waals surface area contributed by atoms with Crippen molar-refractivity contribution < 1.29 is 19.5 Å². The molecule has 0 aliphatic carbocycles. The summed E-state index contributed by atoms with van der Waals surface area (Å²) in [6.07, 6.45) is 2.15. The molecule has 7 heteroatoms. The van der Waals surface area contributed by atoms with Gasteiger partial charge in [0.15, 0.2) is 6.61 Å². The van der Waals surface area contributed by atoms with E-state index in [9.17, 15) is 9.59 Å². The number of amides is 2. The molecular weight excluding hydrogens is 238 g/mol. The minimum atomic E-state index is -1.12. The van der Waals surface area contributed by atoms with Crippen molar-refractivity contribution in [2.24, 2.45) is 5.92 Å². The third-order valence-corrected chi connectivity index (χ3v) is 3.07. The molecule has 0 atom stereocenters. The van der Waals surface area contributed by atoms with Crippen molar-refractivity contribution in [3.8, 4) is 0 Å². The molecule has 104 valence electrons. The van der Waals surface area contributed by atoms with Gasteiger partial charge in [0, 0.05) is 13.6 Å². The molecule has 0 unspecified atom stereocenters. The molecule has 1 saturated heterocycles. The van der Waals surface area contributed by atoms with Crippen LogP contribution in [0.15, 0.2) is 0 Å². The van der Waals surface area contributed by atoms with Crippen molar-refractivity contribution in [2.75, 3.05) is 40.3 Å². The number of carboxylic acid groups (broad SMARTS) is 1. The van der Waals surface area contributed by atoms with Crippen LogP contribution < -0.4 is 5.48 Å². The maximum atomic E-state index is 11.5. The first-order valence-electron chi connectivity index (χ1n) is 6.02. The molecule has 0 saturated carbocycles. The van der Waals surface area contributed by atoms with E-state index in [4.69, 9.17) is 5.11 Å². The van der Waals surface area contributed by atoms with E-state index >= 15 is 0 Å². The molecule has 7 nitrogen and oxygen atoms in total. The zero-order valence-electron chi connectivity index (χ0n) is 10.9. The molecule has 2 amide bonds. The second kappa shape index (κ2) is 7.17. The number of carboxylic acids is 1. The van der Waals surface area contributed by atoms with Crippen LogP contribution in [0.3, 0.4) is 0 Å². The smallest absolute Gasteiger partial charge is 0.341 e. The van der Waals surface area contributed by atoms with Crippen molar-refractivity contribution >= 4 is 12.0 Å². The largest absolute Gasteiger partial charge is 0.479 e. The number of hydrogen-bond donors (Lipinski definition) is 2. The van der Waals surface area contributed by atoms with E-state index in [1.54, 1.807) is 7.05 Å². The van der Waals surface area contributed by atoms with Gasteiger partial charge >= 0.3 is 12.0 Å². The van der Waals surface area contributed by atoms with Crippen molar-refractivity contribution in [3.63, 3.8) is 0 Å². The number of hydrogen-bond acceptors (Lipinski definition) is 4. The predicted molar refractivity (Wildman–Crippen MR) is 65.0 cm³/mol. The number of hydroxylamine groups is 1. The van der Waals surface area contributed by atoms with Crippen LogP contribution in [0.1, 0.15) is 12.8 Å². The maximum Gasteiger partial charge on any atom is 0.341 e. The van der Waals surface area contributed by atoms with Gasteiger partial charge in [0.05, 0.1) is 0 Å². The van der Waals surface area contributed by atoms with Gasteiger partial charge < -0.3 is 14.9 Å². The molecule has 2 N–H and O–H groups in total. The molecule has 1 heterocycles. The highest BCUT2D eigenvalue weighted by Crippen LogP contribution is 2.16. The minimum Gasteiger partial charge on any atom is -0.479 e. The van der Waals surface area contributed by atoms with Crippen LogP contribution in [0.25, 0.3) is 0 Å². The Labute approximate surface area is 107 Å². The number of likely N-dealkylation sites (tertiary alicyclic amines) is 1. The lowest BCUT2D eigenvalue weighted by atomic mass is 9.97. The van der Waals surface area contributed by atoms with Gasteiger partial charge in [0.2, 0.25) is 0 Å². The lowest BCUT2D eigenvalue weighted by Crippen LogP contribution is -2.42. The number of carbonyl (C=O) groups excluding carboxylic acids is 1. The fourth-order valence-corrected chi connectivity index (χ4v) is 1.95. The van der Waals surface area contributed by atoms with E-state index in [2.05, 4.69) is 22.3 Å². The van der Waals surface area contributed by atoms with Crippen LogP contribution in [0.4, 0.5) is 4.79 Å². The Morgan fingerprint density at radius 3 is 2.61 bits per heavy atom. The molecule has 1 aliphatic heterocycles. The van der Waals surface area contributed by atoms with Gasteiger partial charge in [-0.05, 0) is 38.9 Å². The van der Waals surface area contributed by atoms with Crippen LogP contribution in [0.2, 0.25) is 0 Å². The second-order valence-corrected chi connectivity index (χ2v) is 4.72. The van der Waals surface area contributed by atoms with E-state index in [0.717, 1.165) is 25.9 Å². The van der Waals surface area contributed by atoms with E-state index in [1.807, 2.05) is 0 Å². The first kappa shape index (κ1) is 14.7. The quantitative estimate of drug-likeness (QED) is 0.678. The Morgan fingerprint density at radius 1 is 1.44 bits per heavy atom. The Morgan fingerprint density at radius 2 is 2.06 bits per heavy atom. The summed E-state index contributed by atoms with van der Waals surface area (Å²) in [4.78, 5) is 30.1. The van der Waals surface area contributed by atoms with Crippen molar-refractivity contribution in [2.45, 2.75) is 12.8 Å². The van der Waals surface area contributed by atoms with Gasteiger partial charge in [-0.3, -0.25) is 4.84 Å². The van der Waals surface area contributed by atoms with Crippen LogP contribution in [-0.4, -0.2) is 67.2 Å². The SMILES string of the molecule is CN1CCC(CN(C)C(=O)NOCC(=O)O)CC1. The lowest BCUT2D eigenvalue weighted by Gasteiger charge is -2.31. The predicted octanol–water partition coefficient (Wildman–Crippen LogP) is -0.0142. The van der Waals surface area contributed by atoms with Crippen LogP contribution in [0.5, 0.6) is 0 Å². The molecule has 0 radical (unpaired) electrons. The number of nitrogens with one attached hydrogen (secondary N) is 1. The second-order valence-electron chi connectivity index (χ2n) is 4.72. The standard InChI is InChI=1S/C11H21N3O4/c1-13-5-3-9(4-6-13)7-14(2)11(17)12-18-8-10(15)16/h9H,3-8H2,1-2H3,(H,12,17)(H,15,16). The highest BCUT2D eigenvalue weighted by atomic mass is 16.7. The normalized spacial score (nSPS) is 17.4. The Hall–Kier alpha value is -1.34. The van der Waals surface area contributed by atoms with Gasteiger partial charge in [-0.25, -0.2) is 15.1 Å². The van der Waals surface area contributed by atoms with Crippen molar-refractivity contribution in [3.05, 3.63) is 0 Å². The van der Waals surface area contributed by atoms with E-state index < -0.39 is 18.6 Å². The molecule has 0 bridgehead atoms. The van der Waals surface area contributed by atoms with Crippen molar-refractivity contribution in [1.29, 1.82) is 0 Å². The number of nitrogens with zero attached hydrogens (tertiary/aromatic N) is 2. The zero-order chi connectivity index (χ0) is 13.5. The minimum absolute atomic E-state index is 0.407. The number of urea groups is 1. The van der Waals surface area contributed by atoms with Crippen LogP contribution in [0, 0.1) is 5.92 Å². The van der Waals surface area contributed by atoms with Crippen LogP contribution >= 0.6 is 0 Å². The molecule has 0 aromatic heterocycles. The molecule has 0 aromatic rings.